The predicted octanol–water partition coefficient (Wildman–Crippen LogP) is 1.13. The van der Waals surface area contributed by atoms with Gasteiger partial charge < -0.3 is 10.2 Å². The fourth-order valence-corrected chi connectivity index (χ4v) is 0.143. The van der Waals surface area contributed by atoms with E-state index in [2.05, 4.69) is 0 Å². The summed E-state index contributed by atoms with van der Waals surface area (Å²) in [5.41, 5.74) is 0. The lowest BCUT2D eigenvalue weighted by Gasteiger charge is -1.74. The lowest BCUT2D eigenvalue weighted by Crippen LogP contribution is -1.91. The van der Waals surface area contributed by atoms with Gasteiger partial charge in [-0.25, -0.2) is 9.59 Å². The molecule has 0 aliphatic heterocycles. The Morgan fingerprint density at radius 1 is 1.09 bits per heavy atom. The van der Waals surface area contributed by atoms with Crippen LogP contribution < -0.4 is 0 Å². The van der Waals surface area contributed by atoms with E-state index in [1.54, 1.807) is 0 Å². The quantitative estimate of drug-likeness (QED) is 0.518. The molecule has 2 N–H and O–H groups in total. The Morgan fingerprint density at radius 3 is 1.36 bits per heavy atom. The number of aliphatic carboxylic acids is 2. The van der Waals surface area contributed by atoms with Gasteiger partial charge in [-0.15, -0.1) is 23.2 Å². The molecule has 4 nitrogen and oxygen atoms in total. The molecular weight excluding hydrogens is 195 g/mol. The van der Waals surface area contributed by atoms with Crippen molar-refractivity contribution in [2.24, 2.45) is 0 Å². The molecule has 64 valence electrons. The van der Waals surface area contributed by atoms with Crippen LogP contribution in [0.4, 0.5) is 0 Å². The monoisotopic (exact) mass is 200 g/mol. The van der Waals surface area contributed by atoms with Gasteiger partial charge in [0.05, 0.1) is 5.34 Å². The third kappa shape index (κ3) is 26.9. The van der Waals surface area contributed by atoms with Crippen LogP contribution in [0.25, 0.3) is 0 Å². The van der Waals surface area contributed by atoms with Crippen molar-refractivity contribution in [3.63, 3.8) is 0 Å². The van der Waals surface area contributed by atoms with Crippen LogP contribution >= 0.6 is 23.2 Å². The van der Waals surface area contributed by atoms with Gasteiger partial charge in [0.1, 0.15) is 0 Å². The first-order valence-electron chi connectivity index (χ1n) is 2.30. The molecule has 0 saturated carbocycles. The predicted molar refractivity (Wildman–Crippen MR) is 41.0 cm³/mol. The average molecular weight is 201 g/mol. The van der Waals surface area contributed by atoms with Crippen LogP contribution in [0.15, 0.2) is 12.2 Å². The summed E-state index contributed by atoms with van der Waals surface area (Å²) in [5, 5.41) is 15.8. The Morgan fingerprint density at radius 2 is 1.27 bits per heavy atom. The highest BCUT2D eigenvalue weighted by Gasteiger charge is 1.88. The van der Waals surface area contributed by atoms with Crippen molar-refractivity contribution < 1.29 is 19.8 Å². The van der Waals surface area contributed by atoms with E-state index in [1.165, 1.54) is 0 Å². The molecule has 0 bridgehead atoms. The van der Waals surface area contributed by atoms with Gasteiger partial charge in [0.25, 0.3) is 0 Å². The first-order valence-corrected chi connectivity index (χ1v) is 3.37. The standard InChI is InChI=1S/C4H4O4.CH2Cl2/c5-3(6)1-2-4(7)8;2-1-3/h1-2H,(H,5,6)(H,7,8);1H2. The van der Waals surface area contributed by atoms with E-state index < -0.39 is 11.9 Å². The molecule has 0 aliphatic carbocycles. The summed E-state index contributed by atoms with van der Waals surface area (Å²) in [5.74, 6) is -2.51. The maximum Gasteiger partial charge on any atom is 0.328 e. The minimum Gasteiger partial charge on any atom is -0.478 e. The minimum atomic E-state index is -1.26. The number of rotatable bonds is 2. The van der Waals surface area contributed by atoms with E-state index in [1.807, 2.05) is 0 Å². The largest absolute Gasteiger partial charge is 0.478 e. The fraction of sp³-hybridized carbons (Fsp3) is 0.200. The molecule has 6 heteroatoms. The molecule has 11 heavy (non-hydrogen) atoms. The van der Waals surface area contributed by atoms with Gasteiger partial charge in [-0.1, -0.05) is 0 Å². The van der Waals surface area contributed by atoms with Crippen molar-refractivity contribution >= 4 is 35.1 Å². The van der Waals surface area contributed by atoms with Crippen LogP contribution in [-0.4, -0.2) is 27.5 Å². The second-order valence-electron chi connectivity index (χ2n) is 1.11. The third-order valence-electron chi connectivity index (χ3n) is 0.368. The van der Waals surface area contributed by atoms with E-state index in [-0.39, 0.29) is 5.34 Å². The van der Waals surface area contributed by atoms with Gasteiger partial charge in [0.15, 0.2) is 0 Å². The maximum atomic E-state index is 9.55. The topological polar surface area (TPSA) is 74.6 Å². The minimum absolute atomic E-state index is 0.194. The Balaban J connectivity index is 0. The molecule has 0 atom stereocenters. The summed E-state index contributed by atoms with van der Waals surface area (Å²) < 4.78 is 0. The second kappa shape index (κ2) is 9.26. The fourth-order valence-electron chi connectivity index (χ4n) is 0.143. The van der Waals surface area contributed by atoms with Crippen LogP contribution in [0, 0.1) is 0 Å². The molecule has 0 spiro atoms. The Kier molecular flexibility index (Phi) is 10.9. The summed E-state index contributed by atoms with van der Waals surface area (Å²) >= 11 is 9.53. The van der Waals surface area contributed by atoms with Crippen molar-refractivity contribution in [1.82, 2.24) is 0 Å². The second-order valence-corrected chi connectivity index (χ2v) is 1.92. The van der Waals surface area contributed by atoms with Crippen LogP contribution in [-0.2, 0) is 9.59 Å². The lowest BCUT2D eigenvalue weighted by atomic mass is 10.5. The van der Waals surface area contributed by atoms with E-state index in [4.69, 9.17) is 33.4 Å². The molecule has 0 saturated heterocycles. The first kappa shape index (κ1) is 12.9. The Hall–Kier alpha value is -0.740. The molecule has 0 fully saturated rings. The maximum absolute atomic E-state index is 9.55. The molecular formula is C5H6Cl2O4. The van der Waals surface area contributed by atoms with Crippen LogP contribution in [0.1, 0.15) is 0 Å². The molecule has 0 heterocycles. The normalized spacial score (nSPS) is 8.55. The summed E-state index contributed by atoms with van der Waals surface area (Å²) in [4.78, 5) is 19.1. The molecule has 0 radical (unpaired) electrons. The van der Waals surface area contributed by atoms with Crippen LogP contribution in [0.5, 0.6) is 0 Å². The van der Waals surface area contributed by atoms with E-state index in [9.17, 15) is 9.59 Å². The zero-order valence-electron chi connectivity index (χ0n) is 5.33. The number of carbonyl (C=O) groups is 2. The number of hydrogen-bond acceptors (Lipinski definition) is 2. The highest BCUT2D eigenvalue weighted by Crippen LogP contribution is 1.73. The van der Waals surface area contributed by atoms with Gasteiger partial charge in [0, 0.05) is 12.2 Å². The van der Waals surface area contributed by atoms with Crippen molar-refractivity contribution in [2.45, 2.75) is 0 Å². The summed E-state index contributed by atoms with van der Waals surface area (Å²) in [7, 11) is 0. The lowest BCUT2D eigenvalue weighted by molar-refractivity contribution is -0.134. The molecule has 0 aromatic heterocycles. The van der Waals surface area contributed by atoms with Gasteiger partial charge in [-0.2, -0.15) is 0 Å². The zero-order chi connectivity index (χ0) is 9.28. The van der Waals surface area contributed by atoms with E-state index in [0.29, 0.717) is 12.2 Å². The zero-order valence-corrected chi connectivity index (χ0v) is 6.84. The van der Waals surface area contributed by atoms with Crippen molar-refractivity contribution in [2.75, 3.05) is 5.34 Å². The number of hydrogen-bond donors (Lipinski definition) is 2. The number of carboxylic acids is 2. The van der Waals surface area contributed by atoms with Gasteiger partial charge in [-0.05, 0) is 0 Å². The van der Waals surface area contributed by atoms with Gasteiger partial charge >= 0.3 is 11.9 Å². The third-order valence-corrected chi connectivity index (χ3v) is 0.368. The molecule has 0 amide bonds. The summed E-state index contributed by atoms with van der Waals surface area (Å²) in [6.45, 7) is 0. The van der Waals surface area contributed by atoms with Gasteiger partial charge in [-0.3, -0.25) is 0 Å². The van der Waals surface area contributed by atoms with Crippen molar-refractivity contribution in [1.29, 1.82) is 0 Å². The summed E-state index contributed by atoms with van der Waals surface area (Å²) in [6, 6.07) is 0. The van der Waals surface area contributed by atoms with E-state index >= 15 is 0 Å². The highest BCUT2D eigenvalue weighted by atomic mass is 35.5. The highest BCUT2D eigenvalue weighted by molar-refractivity contribution is 6.40. The average Bonchev–Trinajstić information content (AvgIpc) is 1.85. The Bertz CT molecular complexity index is 139. The smallest absolute Gasteiger partial charge is 0.328 e. The number of carboxylic acid groups (broad SMARTS) is 2. The molecule has 0 aromatic rings. The Labute approximate surface area is 73.0 Å². The van der Waals surface area contributed by atoms with Crippen LogP contribution in [0.3, 0.4) is 0 Å². The van der Waals surface area contributed by atoms with Crippen LogP contribution in [0.2, 0.25) is 0 Å². The molecule has 0 aliphatic rings. The van der Waals surface area contributed by atoms with Crippen molar-refractivity contribution in [3.8, 4) is 0 Å². The SMILES string of the molecule is ClCCl.O=C(O)C=CC(=O)O. The molecule has 0 unspecified atom stereocenters. The first-order chi connectivity index (χ1) is 5.04. The number of halogens is 2. The van der Waals surface area contributed by atoms with E-state index in [0.717, 1.165) is 0 Å². The summed E-state index contributed by atoms with van der Waals surface area (Å²) in [6.07, 6.45) is 1.12. The van der Waals surface area contributed by atoms with Crippen molar-refractivity contribution in [3.05, 3.63) is 12.2 Å². The number of alkyl halides is 2. The molecule has 0 aromatic carbocycles. The van der Waals surface area contributed by atoms with Gasteiger partial charge in [0.2, 0.25) is 0 Å². The molecule has 0 rings (SSSR count).